The number of aromatic nitrogens is 2. The van der Waals surface area contributed by atoms with Gasteiger partial charge in [-0.15, -0.1) is 10.2 Å². The summed E-state index contributed by atoms with van der Waals surface area (Å²) in [6.45, 7) is 1.92. The first-order valence-corrected chi connectivity index (χ1v) is 9.25. The molecule has 1 atom stereocenters. The molecular weight excluding hydrogens is 362 g/mol. The molecule has 5 rings (SSSR count). The molecule has 132 valence electrons. The molecule has 1 aliphatic rings. The van der Waals surface area contributed by atoms with E-state index in [0.717, 1.165) is 11.1 Å². The fourth-order valence-corrected chi connectivity index (χ4v) is 4.09. The number of carbonyl (C=O) groups excluding carboxylic acids is 1. The summed E-state index contributed by atoms with van der Waals surface area (Å²) in [5, 5.41) is 8.80. The molecule has 0 N–H and O–H groups in total. The Hall–Kier alpha value is -3.32. The van der Waals surface area contributed by atoms with Crippen LogP contribution in [0.2, 0.25) is 0 Å². The summed E-state index contributed by atoms with van der Waals surface area (Å²) in [4.78, 5) is 28.0. The lowest BCUT2D eigenvalue weighted by molar-refractivity contribution is 0.0970. The topological polar surface area (TPSA) is 76.3 Å². The van der Waals surface area contributed by atoms with Crippen LogP contribution in [0.3, 0.4) is 0 Å². The summed E-state index contributed by atoms with van der Waals surface area (Å²) in [7, 11) is 0. The van der Waals surface area contributed by atoms with Crippen LogP contribution in [0.1, 0.15) is 33.3 Å². The van der Waals surface area contributed by atoms with Crippen LogP contribution in [-0.4, -0.2) is 16.1 Å². The van der Waals surface area contributed by atoms with E-state index in [2.05, 4.69) is 10.2 Å². The molecule has 0 saturated heterocycles. The second-order valence-corrected chi connectivity index (χ2v) is 7.19. The van der Waals surface area contributed by atoms with E-state index in [0.29, 0.717) is 21.7 Å². The molecule has 0 bridgehead atoms. The second-order valence-electron chi connectivity index (χ2n) is 6.38. The highest BCUT2D eigenvalue weighted by atomic mass is 32.1. The van der Waals surface area contributed by atoms with Gasteiger partial charge >= 0.3 is 0 Å². The van der Waals surface area contributed by atoms with Crippen LogP contribution in [-0.2, 0) is 0 Å². The van der Waals surface area contributed by atoms with Crippen LogP contribution >= 0.6 is 11.3 Å². The number of hydrogen-bond acceptors (Lipinski definition) is 6. The zero-order chi connectivity index (χ0) is 18.5. The normalized spacial score (nSPS) is 16.1. The summed E-state index contributed by atoms with van der Waals surface area (Å²) in [6, 6.07) is 14.2. The standard InChI is InChI=1S/C20H13N3O3S/c1-11-7-8-14-13(9-11)17(24)15-16(12-5-3-2-4-6-12)23(19(25)18(15)26-14)20-22-21-10-27-20/h2-10,16H,1H3. The van der Waals surface area contributed by atoms with Gasteiger partial charge in [-0.3, -0.25) is 14.5 Å². The minimum atomic E-state index is -0.595. The first-order chi connectivity index (χ1) is 13.1. The monoisotopic (exact) mass is 375 g/mol. The van der Waals surface area contributed by atoms with Gasteiger partial charge in [-0.1, -0.05) is 53.3 Å². The van der Waals surface area contributed by atoms with Gasteiger partial charge in [0, 0.05) is 0 Å². The van der Waals surface area contributed by atoms with Crippen LogP contribution in [0.15, 0.2) is 63.3 Å². The van der Waals surface area contributed by atoms with E-state index in [4.69, 9.17) is 4.42 Å². The highest BCUT2D eigenvalue weighted by Gasteiger charge is 2.44. The maximum Gasteiger partial charge on any atom is 0.297 e. The first kappa shape index (κ1) is 15.9. The van der Waals surface area contributed by atoms with Crippen LogP contribution in [0.4, 0.5) is 5.13 Å². The fraction of sp³-hybridized carbons (Fsp3) is 0.100. The quantitative estimate of drug-likeness (QED) is 0.534. The van der Waals surface area contributed by atoms with Gasteiger partial charge in [-0.05, 0) is 24.6 Å². The molecule has 27 heavy (non-hydrogen) atoms. The SMILES string of the molecule is Cc1ccc2oc3c(c(=O)c2c1)C(c1ccccc1)N(c1nncs1)C3=O. The van der Waals surface area contributed by atoms with Crippen LogP contribution in [0, 0.1) is 6.92 Å². The van der Waals surface area contributed by atoms with Gasteiger partial charge < -0.3 is 4.42 Å². The molecule has 0 fully saturated rings. The van der Waals surface area contributed by atoms with Gasteiger partial charge in [0.15, 0.2) is 5.43 Å². The van der Waals surface area contributed by atoms with Crippen molar-refractivity contribution in [3.8, 4) is 0 Å². The maximum absolute atomic E-state index is 13.3. The molecule has 1 amide bonds. The highest BCUT2D eigenvalue weighted by molar-refractivity contribution is 7.13. The van der Waals surface area contributed by atoms with E-state index >= 15 is 0 Å². The molecule has 1 unspecified atom stereocenters. The highest BCUT2D eigenvalue weighted by Crippen LogP contribution is 2.41. The lowest BCUT2D eigenvalue weighted by Gasteiger charge is -2.21. The number of amides is 1. The largest absolute Gasteiger partial charge is 0.450 e. The van der Waals surface area contributed by atoms with Crippen LogP contribution < -0.4 is 10.3 Å². The molecule has 0 radical (unpaired) electrons. The molecular formula is C20H13N3O3S. The Morgan fingerprint density at radius 2 is 1.93 bits per heavy atom. The smallest absolute Gasteiger partial charge is 0.297 e. The second kappa shape index (κ2) is 5.85. The first-order valence-electron chi connectivity index (χ1n) is 8.37. The van der Waals surface area contributed by atoms with E-state index in [9.17, 15) is 9.59 Å². The van der Waals surface area contributed by atoms with Crippen LogP contribution in [0.25, 0.3) is 11.0 Å². The van der Waals surface area contributed by atoms with Crippen molar-refractivity contribution >= 4 is 33.3 Å². The minimum absolute atomic E-state index is 0.0698. The van der Waals surface area contributed by atoms with Crippen molar-refractivity contribution in [1.29, 1.82) is 0 Å². The van der Waals surface area contributed by atoms with E-state index in [-0.39, 0.29) is 17.1 Å². The molecule has 6 nitrogen and oxygen atoms in total. The third-order valence-electron chi connectivity index (χ3n) is 4.70. The minimum Gasteiger partial charge on any atom is -0.450 e. The molecule has 0 spiro atoms. The molecule has 0 aliphatic carbocycles. The molecule has 0 saturated carbocycles. The molecule has 4 aromatic rings. The third kappa shape index (κ3) is 2.32. The Morgan fingerprint density at radius 1 is 1.11 bits per heavy atom. The zero-order valence-electron chi connectivity index (χ0n) is 14.2. The predicted molar refractivity (Wildman–Crippen MR) is 102 cm³/mol. The van der Waals surface area contributed by atoms with E-state index < -0.39 is 6.04 Å². The van der Waals surface area contributed by atoms with Gasteiger partial charge in [0.05, 0.1) is 17.0 Å². The number of fused-ring (bicyclic) bond motifs is 2. The fourth-order valence-electron chi connectivity index (χ4n) is 3.51. The third-order valence-corrected chi connectivity index (χ3v) is 5.38. The summed E-state index contributed by atoms with van der Waals surface area (Å²) >= 11 is 1.24. The van der Waals surface area contributed by atoms with E-state index in [1.54, 1.807) is 17.6 Å². The van der Waals surface area contributed by atoms with Crippen molar-refractivity contribution in [2.45, 2.75) is 13.0 Å². The number of benzene rings is 2. The molecule has 7 heteroatoms. The van der Waals surface area contributed by atoms with E-state index in [1.165, 1.54) is 16.2 Å². The number of hydrogen-bond donors (Lipinski definition) is 0. The number of carbonyl (C=O) groups is 1. The van der Waals surface area contributed by atoms with Gasteiger partial charge in [0.1, 0.15) is 11.1 Å². The van der Waals surface area contributed by atoms with E-state index in [1.807, 2.05) is 43.3 Å². The summed E-state index contributed by atoms with van der Waals surface area (Å²) < 4.78 is 5.90. The zero-order valence-corrected chi connectivity index (χ0v) is 15.1. The van der Waals surface area contributed by atoms with Gasteiger partial charge in [0.2, 0.25) is 10.9 Å². The molecule has 2 aromatic carbocycles. The van der Waals surface area contributed by atoms with Crippen LogP contribution in [0.5, 0.6) is 0 Å². The van der Waals surface area contributed by atoms with Gasteiger partial charge in [-0.25, -0.2) is 0 Å². The summed E-state index contributed by atoms with van der Waals surface area (Å²) in [6.07, 6.45) is 0. The Morgan fingerprint density at radius 3 is 2.67 bits per heavy atom. The van der Waals surface area contributed by atoms with Crippen molar-refractivity contribution < 1.29 is 9.21 Å². The summed E-state index contributed by atoms with van der Waals surface area (Å²) in [5.41, 5.74) is 3.89. The molecule has 1 aliphatic heterocycles. The lowest BCUT2D eigenvalue weighted by Crippen LogP contribution is -2.29. The number of nitrogens with zero attached hydrogens (tertiary/aromatic N) is 3. The Kier molecular flexibility index (Phi) is 3.45. The van der Waals surface area contributed by atoms with Gasteiger partial charge in [-0.2, -0.15) is 0 Å². The Labute approximate surface area is 157 Å². The average Bonchev–Trinajstić information content (AvgIpc) is 3.30. The Balaban J connectivity index is 1.85. The lowest BCUT2D eigenvalue weighted by atomic mass is 9.98. The molecule has 2 aromatic heterocycles. The Bertz CT molecular complexity index is 1230. The average molecular weight is 375 g/mol. The van der Waals surface area contributed by atoms with Crippen molar-refractivity contribution in [2.24, 2.45) is 0 Å². The van der Waals surface area contributed by atoms with Crippen molar-refractivity contribution in [3.63, 3.8) is 0 Å². The number of anilines is 1. The maximum atomic E-state index is 13.3. The predicted octanol–water partition coefficient (Wildman–Crippen LogP) is 3.70. The summed E-state index contributed by atoms with van der Waals surface area (Å²) in [5.74, 6) is -0.310. The number of aryl methyl sites for hydroxylation is 1. The van der Waals surface area contributed by atoms with Crippen molar-refractivity contribution in [1.82, 2.24) is 10.2 Å². The van der Waals surface area contributed by atoms with Gasteiger partial charge in [0.25, 0.3) is 5.91 Å². The number of rotatable bonds is 2. The van der Waals surface area contributed by atoms with Crippen molar-refractivity contribution in [3.05, 3.63) is 86.7 Å². The van der Waals surface area contributed by atoms with Crippen molar-refractivity contribution in [2.75, 3.05) is 4.90 Å². The molecule has 3 heterocycles.